The summed E-state index contributed by atoms with van der Waals surface area (Å²) in [7, 11) is 0. The van der Waals surface area contributed by atoms with Crippen LogP contribution in [-0.2, 0) is 6.61 Å². The lowest BCUT2D eigenvalue weighted by Gasteiger charge is -2.07. The van der Waals surface area contributed by atoms with Crippen molar-refractivity contribution in [2.75, 3.05) is 0 Å². The molecule has 0 aliphatic rings. The van der Waals surface area contributed by atoms with E-state index in [-0.39, 0.29) is 23.3 Å². The van der Waals surface area contributed by atoms with Crippen molar-refractivity contribution < 1.29 is 18.3 Å². The van der Waals surface area contributed by atoms with Crippen LogP contribution in [0.2, 0.25) is 0 Å². The summed E-state index contributed by atoms with van der Waals surface area (Å²) in [6.07, 6.45) is 3.58. The van der Waals surface area contributed by atoms with Crippen LogP contribution in [-0.4, -0.2) is 20.6 Å². The number of hydrogen-bond donors (Lipinski definition) is 2. The molecule has 1 aromatic heterocycles. The minimum Gasteiger partial charge on any atom is -0.392 e. The van der Waals surface area contributed by atoms with Crippen molar-refractivity contribution in [3.8, 4) is 11.1 Å². The second kappa shape index (κ2) is 8.38. The first-order valence-electron chi connectivity index (χ1n) is 9.14. The molecule has 0 atom stereocenters. The largest absolute Gasteiger partial charge is 0.446 e. The molecule has 0 fully saturated rings. The van der Waals surface area contributed by atoms with Crippen molar-refractivity contribution in [3.63, 3.8) is 0 Å². The Morgan fingerprint density at radius 1 is 0.967 bits per heavy atom. The minimum atomic E-state index is -4.29. The zero-order chi connectivity index (χ0) is 21.1. The molecule has 0 saturated heterocycles. The summed E-state index contributed by atoms with van der Waals surface area (Å²) in [6.45, 7) is -0.0387. The van der Waals surface area contributed by atoms with Gasteiger partial charge in [0.2, 0.25) is 0 Å². The smallest absolute Gasteiger partial charge is 0.392 e. The molecular formula is C23H17F3N2OS. The van der Waals surface area contributed by atoms with Crippen molar-refractivity contribution in [2.45, 2.75) is 17.0 Å². The molecule has 152 valence electrons. The molecule has 0 aliphatic heterocycles. The molecule has 4 aromatic rings. The van der Waals surface area contributed by atoms with Crippen LogP contribution in [0, 0.1) is 0 Å². The number of nitrogens with one attached hydrogen (secondary N) is 1. The van der Waals surface area contributed by atoms with Gasteiger partial charge in [-0.05, 0) is 64.4 Å². The van der Waals surface area contributed by atoms with Gasteiger partial charge in [0.15, 0.2) is 0 Å². The number of nitrogens with zero attached hydrogens (tertiary/aromatic N) is 1. The van der Waals surface area contributed by atoms with Gasteiger partial charge in [-0.3, -0.25) is 0 Å². The molecule has 0 bridgehead atoms. The molecule has 3 nitrogen and oxygen atoms in total. The maximum Gasteiger partial charge on any atom is 0.446 e. The van der Waals surface area contributed by atoms with Gasteiger partial charge in [-0.2, -0.15) is 13.2 Å². The number of hydrogen-bond acceptors (Lipinski definition) is 3. The van der Waals surface area contributed by atoms with E-state index in [1.54, 1.807) is 24.3 Å². The van der Waals surface area contributed by atoms with Crippen molar-refractivity contribution in [2.24, 2.45) is 0 Å². The van der Waals surface area contributed by atoms with E-state index in [4.69, 9.17) is 0 Å². The van der Waals surface area contributed by atoms with Gasteiger partial charge >= 0.3 is 5.51 Å². The molecule has 4 rings (SSSR count). The lowest BCUT2D eigenvalue weighted by Crippen LogP contribution is -1.98. The number of fused-ring (bicyclic) bond motifs is 1. The van der Waals surface area contributed by atoms with Crippen LogP contribution < -0.4 is 0 Å². The predicted molar refractivity (Wildman–Crippen MR) is 115 cm³/mol. The fraction of sp³-hybridized carbons (Fsp3) is 0.0870. The third-order valence-electron chi connectivity index (χ3n) is 4.55. The number of aromatic amines is 1. The first kappa shape index (κ1) is 20.3. The van der Waals surface area contributed by atoms with Gasteiger partial charge in [0.25, 0.3) is 0 Å². The van der Waals surface area contributed by atoms with Gasteiger partial charge < -0.3 is 10.1 Å². The summed E-state index contributed by atoms with van der Waals surface area (Å²) in [5.41, 5.74) is 0.917. The summed E-state index contributed by atoms with van der Waals surface area (Å²) in [5, 5.41) is 9.56. The lowest BCUT2D eigenvalue weighted by atomic mass is 10.00. The van der Waals surface area contributed by atoms with Crippen LogP contribution in [0.3, 0.4) is 0 Å². The Morgan fingerprint density at radius 3 is 2.47 bits per heavy atom. The zero-order valence-electron chi connectivity index (χ0n) is 15.6. The second-order valence-electron chi connectivity index (χ2n) is 6.62. The van der Waals surface area contributed by atoms with Crippen LogP contribution in [0.1, 0.15) is 17.0 Å². The van der Waals surface area contributed by atoms with Crippen molar-refractivity contribution in [1.82, 2.24) is 9.97 Å². The van der Waals surface area contributed by atoms with Gasteiger partial charge in [-0.25, -0.2) is 4.98 Å². The maximum absolute atomic E-state index is 12.4. The number of aromatic nitrogens is 2. The Hall–Kier alpha value is -3.03. The van der Waals surface area contributed by atoms with Gasteiger partial charge in [-0.15, -0.1) is 0 Å². The highest BCUT2D eigenvalue weighted by molar-refractivity contribution is 8.00. The second-order valence-corrected chi connectivity index (χ2v) is 7.76. The van der Waals surface area contributed by atoms with Crippen LogP contribution in [0.5, 0.6) is 0 Å². The molecule has 0 radical (unpaired) electrons. The Labute approximate surface area is 175 Å². The average Bonchev–Trinajstić information content (AvgIpc) is 3.14. The van der Waals surface area contributed by atoms with Crippen LogP contribution in [0.15, 0.2) is 71.6 Å². The van der Waals surface area contributed by atoms with Gasteiger partial charge in [0, 0.05) is 4.90 Å². The van der Waals surface area contributed by atoms with Crippen molar-refractivity contribution in [1.29, 1.82) is 0 Å². The normalized spacial score (nSPS) is 12.1. The van der Waals surface area contributed by atoms with E-state index in [1.165, 1.54) is 12.1 Å². The van der Waals surface area contributed by atoms with Crippen LogP contribution in [0.25, 0.3) is 34.3 Å². The lowest BCUT2D eigenvalue weighted by molar-refractivity contribution is -0.0328. The van der Waals surface area contributed by atoms with E-state index in [1.807, 2.05) is 42.5 Å². The fourth-order valence-electron chi connectivity index (χ4n) is 3.17. The molecule has 7 heteroatoms. The quantitative estimate of drug-likeness (QED) is 0.358. The summed E-state index contributed by atoms with van der Waals surface area (Å²) in [6, 6.07) is 19.7. The number of alkyl halides is 3. The van der Waals surface area contributed by atoms with E-state index < -0.39 is 5.51 Å². The molecule has 0 amide bonds. The average molecular weight is 426 g/mol. The number of rotatable bonds is 5. The molecule has 0 saturated carbocycles. The highest BCUT2D eigenvalue weighted by Crippen LogP contribution is 2.36. The van der Waals surface area contributed by atoms with E-state index in [0.717, 1.165) is 33.3 Å². The van der Waals surface area contributed by atoms with E-state index in [2.05, 4.69) is 9.97 Å². The Kier molecular flexibility index (Phi) is 5.65. The molecule has 0 aliphatic carbocycles. The predicted octanol–water partition coefficient (Wildman–Crippen LogP) is 6.50. The Morgan fingerprint density at radius 2 is 1.73 bits per heavy atom. The molecular weight excluding hydrogens is 409 g/mol. The minimum absolute atomic E-state index is 0.0387. The zero-order valence-corrected chi connectivity index (χ0v) is 16.5. The monoisotopic (exact) mass is 426 g/mol. The fourth-order valence-corrected chi connectivity index (χ4v) is 3.71. The number of thioether (sulfide) groups is 1. The van der Waals surface area contributed by atoms with Crippen molar-refractivity contribution >= 4 is 34.9 Å². The molecule has 2 N–H and O–H groups in total. The first-order valence-corrected chi connectivity index (χ1v) is 9.96. The Bertz CT molecular complexity index is 1200. The molecule has 3 aromatic carbocycles. The maximum atomic E-state index is 12.4. The third kappa shape index (κ3) is 4.75. The summed E-state index contributed by atoms with van der Waals surface area (Å²) in [4.78, 5) is 7.95. The number of aliphatic hydroxyl groups excluding tert-OH is 1. The number of imidazole rings is 1. The standard InChI is InChI=1S/C23H17F3N2OS/c24-23(25,26)30-18-9-5-15(6-10-18)7-12-22-27-20-11-8-16(13-21(20)28-22)19-4-2-1-3-17(19)14-29/h1-13,29H,14H2,(H,27,28)/b12-7+. The molecule has 1 heterocycles. The summed E-state index contributed by atoms with van der Waals surface area (Å²) in [5.74, 6) is 0.645. The van der Waals surface area contributed by atoms with Crippen LogP contribution >= 0.6 is 11.8 Å². The van der Waals surface area contributed by atoms with Crippen molar-refractivity contribution in [3.05, 3.63) is 83.7 Å². The third-order valence-corrected chi connectivity index (χ3v) is 5.29. The number of benzene rings is 3. The summed E-state index contributed by atoms with van der Waals surface area (Å²) >= 11 is -0.129. The summed E-state index contributed by atoms with van der Waals surface area (Å²) < 4.78 is 37.2. The molecule has 0 spiro atoms. The Balaban J connectivity index is 1.55. The van der Waals surface area contributed by atoms with Gasteiger partial charge in [0.1, 0.15) is 5.82 Å². The molecule has 30 heavy (non-hydrogen) atoms. The van der Waals surface area contributed by atoms with Gasteiger partial charge in [-0.1, -0.05) is 48.5 Å². The molecule has 0 unspecified atom stereocenters. The number of aliphatic hydroxyl groups is 1. The highest BCUT2D eigenvalue weighted by atomic mass is 32.2. The topological polar surface area (TPSA) is 48.9 Å². The van der Waals surface area contributed by atoms with E-state index in [0.29, 0.717) is 5.82 Å². The first-order chi connectivity index (χ1) is 14.4. The number of H-pyrrole nitrogens is 1. The van der Waals surface area contributed by atoms with E-state index >= 15 is 0 Å². The van der Waals surface area contributed by atoms with Crippen LogP contribution in [0.4, 0.5) is 13.2 Å². The van der Waals surface area contributed by atoms with Gasteiger partial charge in [0.05, 0.1) is 17.6 Å². The number of halogens is 3. The SMILES string of the molecule is OCc1ccccc1-c1ccc2[nH]c(/C=C/c3ccc(SC(F)(F)F)cc3)nc2c1. The highest BCUT2D eigenvalue weighted by Gasteiger charge is 2.28. The van der Waals surface area contributed by atoms with E-state index in [9.17, 15) is 18.3 Å².